The summed E-state index contributed by atoms with van der Waals surface area (Å²) in [4.78, 5) is 6.73. The van der Waals surface area contributed by atoms with Crippen molar-refractivity contribution in [1.82, 2.24) is 9.36 Å². The third-order valence-electron chi connectivity index (χ3n) is 2.31. The van der Waals surface area contributed by atoms with Crippen LogP contribution in [0.15, 0.2) is 12.7 Å². The Labute approximate surface area is 102 Å². The Morgan fingerprint density at radius 1 is 1.44 bits per heavy atom. The van der Waals surface area contributed by atoms with Gasteiger partial charge in [-0.3, -0.25) is 0 Å². The summed E-state index contributed by atoms with van der Waals surface area (Å²) in [6, 6.07) is 0. The highest BCUT2D eigenvalue weighted by Gasteiger charge is 2.20. The third kappa shape index (κ3) is 3.59. The van der Waals surface area contributed by atoms with Crippen molar-refractivity contribution in [2.75, 3.05) is 18.5 Å². The van der Waals surface area contributed by atoms with Crippen molar-refractivity contribution in [1.29, 1.82) is 0 Å². The van der Waals surface area contributed by atoms with Crippen LogP contribution >= 0.6 is 11.5 Å². The van der Waals surface area contributed by atoms with Crippen LogP contribution in [0, 0.1) is 0 Å². The first kappa shape index (κ1) is 13.2. The van der Waals surface area contributed by atoms with Gasteiger partial charge >= 0.3 is 0 Å². The molecule has 1 aromatic rings. The van der Waals surface area contributed by atoms with Gasteiger partial charge in [0.05, 0.1) is 0 Å². The van der Waals surface area contributed by atoms with Gasteiger partial charge in [-0.2, -0.15) is 4.37 Å². The van der Waals surface area contributed by atoms with Gasteiger partial charge < -0.3 is 4.90 Å². The zero-order valence-electron chi connectivity index (χ0n) is 10.7. The molecule has 0 aliphatic carbocycles. The quantitative estimate of drug-likeness (QED) is 0.583. The fourth-order valence-corrected chi connectivity index (χ4v) is 2.08. The van der Waals surface area contributed by atoms with E-state index in [2.05, 4.69) is 48.7 Å². The van der Waals surface area contributed by atoms with E-state index in [1.807, 2.05) is 6.08 Å². The molecule has 0 bridgehead atoms. The molecule has 0 fully saturated rings. The van der Waals surface area contributed by atoms with E-state index in [4.69, 9.17) is 0 Å². The molecule has 0 aliphatic rings. The van der Waals surface area contributed by atoms with Crippen molar-refractivity contribution >= 4 is 16.7 Å². The lowest BCUT2D eigenvalue weighted by molar-refractivity contribution is 0.554. The van der Waals surface area contributed by atoms with Crippen LogP contribution in [0.5, 0.6) is 0 Å². The lowest BCUT2D eigenvalue weighted by Crippen LogP contribution is -2.19. The van der Waals surface area contributed by atoms with Crippen LogP contribution in [0.25, 0.3) is 0 Å². The molecule has 0 unspecified atom stereocenters. The molecule has 0 aromatic carbocycles. The van der Waals surface area contributed by atoms with E-state index in [9.17, 15) is 0 Å². The normalized spacial score (nSPS) is 11.5. The first-order valence-electron chi connectivity index (χ1n) is 5.61. The van der Waals surface area contributed by atoms with Gasteiger partial charge in [-0.05, 0) is 12.8 Å². The molecule has 0 aliphatic heterocycles. The van der Waals surface area contributed by atoms with Crippen LogP contribution in [-0.4, -0.2) is 22.9 Å². The van der Waals surface area contributed by atoms with Gasteiger partial charge in [0.1, 0.15) is 5.82 Å². The van der Waals surface area contributed by atoms with Gasteiger partial charge in [0.15, 0.2) is 0 Å². The molecule has 0 amide bonds. The maximum absolute atomic E-state index is 4.57. The molecule has 0 saturated heterocycles. The summed E-state index contributed by atoms with van der Waals surface area (Å²) in [5.74, 6) is 0.933. The lowest BCUT2D eigenvalue weighted by atomic mass is 9.96. The zero-order chi connectivity index (χ0) is 12.2. The minimum Gasteiger partial charge on any atom is -0.350 e. The second-order valence-corrected chi connectivity index (χ2v) is 5.73. The topological polar surface area (TPSA) is 29.0 Å². The van der Waals surface area contributed by atoms with Crippen LogP contribution < -0.4 is 4.90 Å². The Hall–Kier alpha value is -0.900. The fraction of sp³-hybridized carbons (Fsp3) is 0.667. The highest BCUT2D eigenvalue weighted by Crippen LogP contribution is 2.24. The van der Waals surface area contributed by atoms with Crippen molar-refractivity contribution in [3.8, 4) is 0 Å². The lowest BCUT2D eigenvalue weighted by Gasteiger charge is -2.15. The Morgan fingerprint density at radius 3 is 2.62 bits per heavy atom. The minimum absolute atomic E-state index is 0.0384. The van der Waals surface area contributed by atoms with Crippen LogP contribution in [-0.2, 0) is 5.41 Å². The van der Waals surface area contributed by atoms with E-state index in [1.54, 1.807) is 0 Å². The van der Waals surface area contributed by atoms with Crippen molar-refractivity contribution in [2.45, 2.75) is 39.0 Å². The summed E-state index contributed by atoms with van der Waals surface area (Å²) in [5, 5.41) is 1.01. The van der Waals surface area contributed by atoms with Crippen molar-refractivity contribution in [3.05, 3.63) is 18.5 Å². The van der Waals surface area contributed by atoms with E-state index < -0.39 is 0 Å². The van der Waals surface area contributed by atoms with E-state index in [-0.39, 0.29) is 5.41 Å². The molecule has 3 nitrogen and oxygen atoms in total. The summed E-state index contributed by atoms with van der Waals surface area (Å²) in [6.07, 6.45) is 4.12. The Bertz CT molecular complexity index is 338. The van der Waals surface area contributed by atoms with Crippen LogP contribution in [0.1, 0.15) is 39.4 Å². The maximum atomic E-state index is 4.57. The highest BCUT2D eigenvalue weighted by atomic mass is 32.1. The monoisotopic (exact) mass is 239 g/mol. The summed E-state index contributed by atoms with van der Waals surface area (Å²) in [7, 11) is 2.07. The van der Waals surface area contributed by atoms with E-state index in [1.165, 1.54) is 11.5 Å². The third-order valence-corrected chi connectivity index (χ3v) is 3.14. The molecule has 1 aromatic heterocycles. The number of allylic oxidation sites excluding steroid dienone is 1. The molecule has 1 rings (SSSR count). The van der Waals surface area contributed by atoms with Gasteiger partial charge in [0, 0.05) is 30.5 Å². The standard InChI is InChI=1S/C12H21N3S/c1-6-7-8-9-15(5)11-13-10(14-16-11)12(2,3)4/h6H,1,7-9H2,2-5H3. The molecule has 0 spiro atoms. The molecule has 1 heterocycles. The number of anilines is 1. The predicted molar refractivity (Wildman–Crippen MR) is 71.3 cm³/mol. The summed E-state index contributed by atoms with van der Waals surface area (Å²) in [5.41, 5.74) is 0.0384. The molecule has 0 N–H and O–H groups in total. The summed E-state index contributed by atoms with van der Waals surface area (Å²) < 4.78 is 4.41. The second-order valence-electron chi connectivity index (χ2n) is 5.00. The zero-order valence-corrected chi connectivity index (χ0v) is 11.5. The molecule has 4 heteroatoms. The number of hydrogen-bond acceptors (Lipinski definition) is 4. The average Bonchev–Trinajstić information content (AvgIpc) is 2.66. The van der Waals surface area contributed by atoms with Crippen LogP contribution in [0.2, 0.25) is 0 Å². The minimum atomic E-state index is 0.0384. The van der Waals surface area contributed by atoms with Gasteiger partial charge in [0.2, 0.25) is 5.13 Å². The smallest absolute Gasteiger partial charge is 0.204 e. The second kappa shape index (κ2) is 5.43. The van der Waals surface area contributed by atoms with E-state index in [0.29, 0.717) is 0 Å². The predicted octanol–water partition coefficient (Wildman–Crippen LogP) is 3.24. The Morgan fingerprint density at radius 2 is 2.12 bits per heavy atom. The molecule has 0 radical (unpaired) electrons. The van der Waals surface area contributed by atoms with E-state index in [0.717, 1.165) is 30.3 Å². The van der Waals surface area contributed by atoms with Gasteiger partial charge in [-0.25, -0.2) is 4.98 Å². The largest absolute Gasteiger partial charge is 0.350 e. The number of nitrogens with zero attached hydrogens (tertiary/aromatic N) is 3. The van der Waals surface area contributed by atoms with Gasteiger partial charge in [-0.15, -0.1) is 6.58 Å². The highest BCUT2D eigenvalue weighted by molar-refractivity contribution is 7.09. The van der Waals surface area contributed by atoms with Gasteiger partial charge in [-0.1, -0.05) is 26.8 Å². The first-order valence-corrected chi connectivity index (χ1v) is 6.38. The number of unbranched alkanes of at least 4 members (excludes halogenated alkanes) is 1. The van der Waals surface area contributed by atoms with Crippen molar-refractivity contribution in [3.63, 3.8) is 0 Å². The first-order chi connectivity index (χ1) is 7.45. The molecular formula is C12H21N3S. The number of rotatable bonds is 5. The molecule has 90 valence electrons. The Kier molecular flexibility index (Phi) is 4.47. The average molecular weight is 239 g/mol. The number of hydrogen-bond donors (Lipinski definition) is 0. The molecule has 16 heavy (non-hydrogen) atoms. The number of aromatic nitrogens is 2. The van der Waals surface area contributed by atoms with Crippen LogP contribution in [0.3, 0.4) is 0 Å². The SMILES string of the molecule is C=CCCCN(C)c1nc(C(C)(C)C)ns1. The molecular weight excluding hydrogens is 218 g/mol. The van der Waals surface area contributed by atoms with Crippen molar-refractivity contribution in [2.24, 2.45) is 0 Å². The molecule has 0 saturated carbocycles. The van der Waals surface area contributed by atoms with Crippen molar-refractivity contribution < 1.29 is 0 Å². The maximum Gasteiger partial charge on any atom is 0.204 e. The van der Waals surface area contributed by atoms with Crippen LogP contribution in [0.4, 0.5) is 5.13 Å². The van der Waals surface area contributed by atoms with E-state index >= 15 is 0 Å². The Balaban J connectivity index is 2.60. The fourth-order valence-electron chi connectivity index (χ4n) is 1.24. The summed E-state index contributed by atoms with van der Waals surface area (Å²) in [6.45, 7) is 11.1. The van der Waals surface area contributed by atoms with Gasteiger partial charge in [0.25, 0.3) is 0 Å². The summed E-state index contributed by atoms with van der Waals surface area (Å²) >= 11 is 1.48. The molecule has 0 atom stereocenters.